The quantitative estimate of drug-likeness (QED) is 0.541. The molecule has 4 saturated carbocycles. The Morgan fingerprint density at radius 3 is 2.00 bits per heavy atom. The van der Waals surface area contributed by atoms with Crippen LogP contribution < -0.4 is 0 Å². The third kappa shape index (κ3) is 1.09. The zero-order chi connectivity index (χ0) is 9.97. The standard InChI is InChI=1S/C11H18O3/c12-9(13)10-2-7-1-8(3-10)5-11(14,4-7)6-10/h7-9,12-14H,1-6H2. The lowest BCUT2D eigenvalue weighted by Crippen LogP contribution is -2.59. The lowest BCUT2D eigenvalue weighted by molar-refractivity contribution is -0.243. The van der Waals surface area contributed by atoms with E-state index in [2.05, 4.69) is 0 Å². The molecule has 0 aliphatic heterocycles. The Morgan fingerprint density at radius 1 is 1.00 bits per heavy atom. The van der Waals surface area contributed by atoms with Gasteiger partial charge < -0.3 is 15.3 Å². The molecule has 0 aromatic heterocycles. The van der Waals surface area contributed by atoms with Crippen LogP contribution in [0.3, 0.4) is 0 Å². The molecule has 4 rings (SSSR count). The minimum Gasteiger partial charge on any atom is -0.390 e. The van der Waals surface area contributed by atoms with Crippen LogP contribution in [0.5, 0.6) is 0 Å². The third-order valence-corrected chi connectivity index (χ3v) is 4.62. The van der Waals surface area contributed by atoms with Gasteiger partial charge in [-0.1, -0.05) is 0 Å². The maximum atomic E-state index is 10.3. The van der Waals surface area contributed by atoms with Gasteiger partial charge in [0.2, 0.25) is 0 Å². The molecule has 0 spiro atoms. The molecule has 2 atom stereocenters. The van der Waals surface area contributed by atoms with Gasteiger partial charge in [-0.2, -0.15) is 0 Å². The Kier molecular flexibility index (Phi) is 1.64. The van der Waals surface area contributed by atoms with E-state index in [9.17, 15) is 15.3 Å². The topological polar surface area (TPSA) is 60.7 Å². The van der Waals surface area contributed by atoms with E-state index in [0.717, 1.165) is 25.7 Å². The third-order valence-electron chi connectivity index (χ3n) is 4.62. The first-order valence-corrected chi connectivity index (χ1v) is 5.60. The van der Waals surface area contributed by atoms with Crippen LogP contribution in [0.15, 0.2) is 0 Å². The second-order valence-corrected chi connectivity index (χ2v) is 5.92. The van der Waals surface area contributed by atoms with Gasteiger partial charge in [0.1, 0.15) is 0 Å². The smallest absolute Gasteiger partial charge is 0.157 e. The molecule has 14 heavy (non-hydrogen) atoms. The number of aliphatic hydroxyl groups is 3. The SMILES string of the molecule is OC(O)C12CC3CC(CC(O)(C3)C1)C2. The van der Waals surface area contributed by atoms with Gasteiger partial charge in [-0.15, -0.1) is 0 Å². The van der Waals surface area contributed by atoms with Gasteiger partial charge in [-0.25, -0.2) is 0 Å². The molecule has 4 aliphatic carbocycles. The molecule has 3 heteroatoms. The molecule has 0 amide bonds. The van der Waals surface area contributed by atoms with Crippen LogP contribution in [0.25, 0.3) is 0 Å². The highest BCUT2D eigenvalue weighted by atomic mass is 16.5. The first kappa shape index (κ1) is 9.13. The molecule has 4 aliphatic rings. The van der Waals surface area contributed by atoms with E-state index in [1.54, 1.807) is 0 Å². The van der Waals surface area contributed by atoms with Crippen LogP contribution in [0.2, 0.25) is 0 Å². The van der Waals surface area contributed by atoms with Crippen molar-refractivity contribution in [3.8, 4) is 0 Å². The summed E-state index contributed by atoms with van der Waals surface area (Å²) in [6.45, 7) is 0. The van der Waals surface area contributed by atoms with Gasteiger partial charge in [-0.3, -0.25) is 0 Å². The fourth-order valence-electron chi connectivity index (χ4n) is 4.59. The number of aliphatic hydroxyl groups excluding tert-OH is 1. The van der Waals surface area contributed by atoms with Crippen LogP contribution in [0.1, 0.15) is 38.5 Å². The van der Waals surface area contributed by atoms with Crippen molar-refractivity contribution >= 4 is 0 Å². The summed E-state index contributed by atoms with van der Waals surface area (Å²) in [7, 11) is 0. The van der Waals surface area contributed by atoms with E-state index in [0.29, 0.717) is 18.3 Å². The Bertz CT molecular complexity index is 247. The fraction of sp³-hybridized carbons (Fsp3) is 1.00. The maximum absolute atomic E-state index is 10.3. The monoisotopic (exact) mass is 198 g/mol. The average molecular weight is 198 g/mol. The predicted octanol–water partition coefficient (Wildman–Crippen LogP) is 0.628. The van der Waals surface area contributed by atoms with E-state index in [-0.39, 0.29) is 5.41 Å². The number of rotatable bonds is 1. The zero-order valence-corrected chi connectivity index (χ0v) is 8.32. The molecule has 0 heterocycles. The van der Waals surface area contributed by atoms with E-state index in [4.69, 9.17) is 0 Å². The second-order valence-electron chi connectivity index (χ2n) is 5.92. The summed E-state index contributed by atoms with van der Waals surface area (Å²) in [5, 5.41) is 29.2. The Morgan fingerprint density at radius 2 is 1.57 bits per heavy atom. The van der Waals surface area contributed by atoms with Crippen LogP contribution in [0.4, 0.5) is 0 Å². The summed E-state index contributed by atoms with van der Waals surface area (Å²) in [6.07, 6.45) is 4.14. The van der Waals surface area contributed by atoms with Gasteiger partial charge in [0.15, 0.2) is 6.29 Å². The van der Waals surface area contributed by atoms with Crippen molar-refractivity contribution in [3.63, 3.8) is 0 Å². The van der Waals surface area contributed by atoms with Crippen molar-refractivity contribution in [3.05, 3.63) is 0 Å². The lowest BCUT2D eigenvalue weighted by Gasteiger charge is -2.60. The molecule has 0 saturated heterocycles. The molecule has 0 aromatic rings. The van der Waals surface area contributed by atoms with Gasteiger partial charge in [0, 0.05) is 5.41 Å². The van der Waals surface area contributed by atoms with Crippen LogP contribution in [0, 0.1) is 17.3 Å². The summed E-state index contributed by atoms with van der Waals surface area (Å²) >= 11 is 0. The van der Waals surface area contributed by atoms with E-state index in [1.807, 2.05) is 0 Å². The number of hydrogen-bond donors (Lipinski definition) is 3. The molecule has 3 nitrogen and oxygen atoms in total. The average Bonchev–Trinajstić information content (AvgIpc) is 1.98. The second kappa shape index (κ2) is 2.52. The van der Waals surface area contributed by atoms with E-state index in [1.165, 1.54) is 6.42 Å². The molecular formula is C11H18O3. The van der Waals surface area contributed by atoms with Crippen molar-refractivity contribution in [1.29, 1.82) is 0 Å². The largest absolute Gasteiger partial charge is 0.390 e. The Balaban J connectivity index is 1.96. The van der Waals surface area contributed by atoms with Crippen LogP contribution in [-0.2, 0) is 0 Å². The molecule has 3 N–H and O–H groups in total. The Labute approximate surface area is 83.8 Å². The minimum atomic E-state index is -1.24. The maximum Gasteiger partial charge on any atom is 0.157 e. The summed E-state index contributed by atoms with van der Waals surface area (Å²) < 4.78 is 0. The summed E-state index contributed by atoms with van der Waals surface area (Å²) in [4.78, 5) is 0. The number of hydrogen-bond acceptors (Lipinski definition) is 3. The van der Waals surface area contributed by atoms with E-state index >= 15 is 0 Å². The zero-order valence-electron chi connectivity index (χ0n) is 8.32. The summed E-state index contributed by atoms with van der Waals surface area (Å²) in [5.74, 6) is 1.06. The normalized spacial score (nSPS) is 55.7. The first-order valence-electron chi connectivity index (χ1n) is 5.60. The minimum absolute atomic E-state index is 0.376. The van der Waals surface area contributed by atoms with Gasteiger partial charge in [-0.05, 0) is 50.4 Å². The molecular weight excluding hydrogens is 180 g/mol. The highest BCUT2D eigenvalue weighted by Gasteiger charge is 2.59. The molecule has 0 aromatic carbocycles. The molecule has 0 radical (unpaired) electrons. The summed E-state index contributed by atoms with van der Waals surface area (Å²) in [5.41, 5.74) is -0.952. The highest BCUT2D eigenvalue weighted by molar-refractivity contribution is 5.08. The lowest BCUT2D eigenvalue weighted by atomic mass is 9.47. The van der Waals surface area contributed by atoms with Gasteiger partial charge in [0.25, 0.3) is 0 Å². The first-order chi connectivity index (χ1) is 6.51. The molecule has 4 bridgehead atoms. The fourth-order valence-corrected chi connectivity index (χ4v) is 4.59. The highest BCUT2D eigenvalue weighted by Crippen LogP contribution is 2.62. The Hall–Kier alpha value is -0.120. The van der Waals surface area contributed by atoms with Gasteiger partial charge in [0.05, 0.1) is 5.60 Å². The van der Waals surface area contributed by atoms with Crippen molar-refractivity contribution in [1.82, 2.24) is 0 Å². The van der Waals surface area contributed by atoms with Crippen LogP contribution in [-0.4, -0.2) is 27.2 Å². The van der Waals surface area contributed by atoms with Crippen LogP contribution >= 0.6 is 0 Å². The van der Waals surface area contributed by atoms with Crippen molar-refractivity contribution in [2.45, 2.75) is 50.4 Å². The van der Waals surface area contributed by atoms with Crippen molar-refractivity contribution in [2.24, 2.45) is 17.3 Å². The predicted molar refractivity (Wildman–Crippen MR) is 50.3 cm³/mol. The molecule has 2 unspecified atom stereocenters. The molecule has 4 fully saturated rings. The van der Waals surface area contributed by atoms with Gasteiger partial charge >= 0.3 is 0 Å². The van der Waals surface area contributed by atoms with Crippen molar-refractivity contribution in [2.75, 3.05) is 0 Å². The van der Waals surface area contributed by atoms with E-state index < -0.39 is 11.9 Å². The molecule has 80 valence electrons. The van der Waals surface area contributed by atoms with Crippen molar-refractivity contribution < 1.29 is 15.3 Å². The summed E-state index contributed by atoms with van der Waals surface area (Å²) in [6, 6.07) is 0.